The summed E-state index contributed by atoms with van der Waals surface area (Å²) in [6, 6.07) is 8.87. The standard InChI is InChI=1S/C15H14F3NO/c1-9-3-4-10(2)14(7-9)20-13-6-5-11(19)8-12(13)15(16,17)18/h3-8H,19H2,1-2H3. The van der Waals surface area contributed by atoms with Gasteiger partial charge in [0, 0.05) is 5.69 Å². The molecule has 0 bridgehead atoms. The summed E-state index contributed by atoms with van der Waals surface area (Å²) >= 11 is 0. The van der Waals surface area contributed by atoms with Crippen molar-refractivity contribution >= 4 is 5.69 Å². The van der Waals surface area contributed by atoms with E-state index in [-0.39, 0.29) is 11.4 Å². The SMILES string of the molecule is Cc1ccc(C)c(Oc2ccc(N)cc2C(F)(F)F)c1. The topological polar surface area (TPSA) is 35.2 Å². The van der Waals surface area contributed by atoms with Gasteiger partial charge in [-0.15, -0.1) is 0 Å². The predicted octanol–water partition coefficient (Wildman–Crippen LogP) is 4.70. The molecule has 0 heterocycles. The quantitative estimate of drug-likeness (QED) is 0.810. The average molecular weight is 281 g/mol. The molecule has 0 spiro atoms. The fourth-order valence-corrected chi connectivity index (χ4v) is 1.79. The number of nitrogens with two attached hydrogens (primary N) is 1. The summed E-state index contributed by atoms with van der Waals surface area (Å²) in [5, 5.41) is 0. The van der Waals surface area contributed by atoms with Crippen molar-refractivity contribution in [2.75, 3.05) is 5.73 Å². The van der Waals surface area contributed by atoms with Crippen LogP contribution in [0.2, 0.25) is 0 Å². The summed E-state index contributed by atoms with van der Waals surface area (Å²) in [4.78, 5) is 0. The molecule has 5 heteroatoms. The molecule has 0 aromatic heterocycles. The smallest absolute Gasteiger partial charge is 0.420 e. The van der Waals surface area contributed by atoms with Crippen molar-refractivity contribution < 1.29 is 17.9 Å². The molecule has 2 aromatic rings. The molecule has 20 heavy (non-hydrogen) atoms. The van der Waals surface area contributed by atoms with Crippen LogP contribution in [0.4, 0.5) is 18.9 Å². The molecule has 0 unspecified atom stereocenters. The number of anilines is 1. The minimum Gasteiger partial charge on any atom is -0.456 e. The Morgan fingerprint density at radius 1 is 0.950 bits per heavy atom. The first-order valence-corrected chi connectivity index (χ1v) is 5.99. The van der Waals surface area contributed by atoms with E-state index >= 15 is 0 Å². The molecule has 0 aliphatic rings. The van der Waals surface area contributed by atoms with Gasteiger partial charge in [-0.2, -0.15) is 13.2 Å². The number of rotatable bonds is 2. The van der Waals surface area contributed by atoms with Crippen molar-refractivity contribution in [2.45, 2.75) is 20.0 Å². The molecule has 2 nitrogen and oxygen atoms in total. The fourth-order valence-electron chi connectivity index (χ4n) is 1.79. The molecular weight excluding hydrogens is 267 g/mol. The van der Waals surface area contributed by atoms with E-state index in [1.807, 2.05) is 13.0 Å². The highest BCUT2D eigenvalue weighted by molar-refractivity contribution is 5.51. The molecule has 0 saturated heterocycles. The van der Waals surface area contributed by atoms with Gasteiger partial charge in [0.05, 0.1) is 0 Å². The molecular formula is C15H14F3NO. The minimum atomic E-state index is -4.51. The average Bonchev–Trinajstić information content (AvgIpc) is 2.34. The van der Waals surface area contributed by atoms with Crippen molar-refractivity contribution in [3.63, 3.8) is 0 Å². The summed E-state index contributed by atoms with van der Waals surface area (Å²) in [5.41, 5.74) is 6.26. The van der Waals surface area contributed by atoms with Crippen LogP contribution in [0.3, 0.4) is 0 Å². The predicted molar refractivity (Wildman–Crippen MR) is 71.8 cm³/mol. The number of ether oxygens (including phenoxy) is 1. The first-order chi connectivity index (χ1) is 9.27. The van der Waals surface area contributed by atoms with Crippen LogP contribution in [-0.4, -0.2) is 0 Å². The first-order valence-electron chi connectivity index (χ1n) is 5.99. The zero-order chi connectivity index (χ0) is 14.9. The maximum Gasteiger partial charge on any atom is 0.420 e. The zero-order valence-corrected chi connectivity index (χ0v) is 11.1. The third-order valence-electron chi connectivity index (χ3n) is 2.87. The molecule has 0 fully saturated rings. The lowest BCUT2D eigenvalue weighted by atomic mass is 10.1. The molecule has 0 aliphatic carbocycles. The Hall–Kier alpha value is -2.17. The number of nitrogen functional groups attached to an aromatic ring is 1. The van der Waals surface area contributed by atoms with Crippen LogP contribution in [0.15, 0.2) is 36.4 Å². The Morgan fingerprint density at radius 2 is 1.65 bits per heavy atom. The lowest BCUT2D eigenvalue weighted by molar-refractivity contribution is -0.138. The van der Waals surface area contributed by atoms with Crippen LogP contribution in [0.1, 0.15) is 16.7 Å². The Balaban J connectivity index is 2.46. The van der Waals surface area contributed by atoms with Crippen molar-refractivity contribution in [1.82, 2.24) is 0 Å². The summed E-state index contributed by atoms with van der Waals surface area (Å²) in [7, 11) is 0. The van der Waals surface area contributed by atoms with E-state index in [2.05, 4.69) is 0 Å². The van der Waals surface area contributed by atoms with Crippen molar-refractivity contribution in [2.24, 2.45) is 0 Å². The van der Waals surface area contributed by atoms with Gasteiger partial charge in [0.1, 0.15) is 17.1 Å². The van der Waals surface area contributed by atoms with E-state index in [1.54, 1.807) is 19.1 Å². The normalized spacial score (nSPS) is 11.4. The Bertz CT molecular complexity index is 636. The lowest BCUT2D eigenvalue weighted by Crippen LogP contribution is -2.08. The lowest BCUT2D eigenvalue weighted by Gasteiger charge is -2.15. The number of benzene rings is 2. The van der Waals surface area contributed by atoms with E-state index in [9.17, 15) is 13.2 Å². The van der Waals surface area contributed by atoms with Gasteiger partial charge in [0.25, 0.3) is 0 Å². The molecule has 2 rings (SSSR count). The van der Waals surface area contributed by atoms with Gasteiger partial charge in [-0.05, 0) is 49.2 Å². The van der Waals surface area contributed by atoms with Crippen LogP contribution < -0.4 is 10.5 Å². The highest BCUT2D eigenvalue weighted by Gasteiger charge is 2.34. The molecule has 0 radical (unpaired) electrons. The monoisotopic (exact) mass is 281 g/mol. The van der Waals surface area contributed by atoms with Gasteiger partial charge >= 0.3 is 6.18 Å². The Labute approximate surface area is 115 Å². The van der Waals surface area contributed by atoms with Crippen LogP contribution in [0.25, 0.3) is 0 Å². The summed E-state index contributed by atoms with van der Waals surface area (Å²) in [5.74, 6) is 0.153. The number of alkyl halides is 3. The van der Waals surface area contributed by atoms with Crippen molar-refractivity contribution in [3.05, 3.63) is 53.1 Å². The van der Waals surface area contributed by atoms with Crippen molar-refractivity contribution in [1.29, 1.82) is 0 Å². The second kappa shape index (κ2) is 5.07. The largest absolute Gasteiger partial charge is 0.456 e. The van der Waals surface area contributed by atoms with Crippen LogP contribution in [0.5, 0.6) is 11.5 Å². The van der Waals surface area contributed by atoms with Gasteiger partial charge < -0.3 is 10.5 Å². The van der Waals surface area contributed by atoms with Gasteiger partial charge in [-0.3, -0.25) is 0 Å². The maximum absolute atomic E-state index is 13.0. The van der Waals surface area contributed by atoms with Gasteiger partial charge in [-0.25, -0.2) is 0 Å². The van der Waals surface area contributed by atoms with Crippen LogP contribution in [-0.2, 0) is 6.18 Å². The second-order valence-electron chi connectivity index (χ2n) is 4.62. The van der Waals surface area contributed by atoms with E-state index in [0.717, 1.165) is 17.2 Å². The van der Waals surface area contributed by atoms with E-state index < -0.39 is 11.7 Å². The Morgan fingerprint density at radius 3 is 2.30 bits per heavy atom. The number of hydrogen-bond donors (Lipinski definition) is 1. The minimum absolute atomic E-state index is 0.0469. The fraction of sp³-hybridized carbons (Fsp3) is 0.200. The molecule has 106 valence electrons. The van der Waals surface area contributed by atoms with E-state index in [4.69, 9.17) is 10.5 Å². The molecule has 2 aromatic carbocycles. The molecule has 0 amide bonds. The Kier molecular flexibility index (Phi) is 3.61. The molecule has 0 saturated carbocycles. The summed E-state index contributed by atoms with van der Waals surface area (Å²) < 4.78 is 44.4. The van der Waals surface area contributed by atoms with Gasteiger partial charge in [0.2, 0.25) is 0 Å². The number of halogens is 3. The highest BCUT2D eigenvalue weighted by Crippen LogP contribution is 2.39. The van der Waals surface area contributed by atoms with E-state index in [1.165, 1.54) is 12.1 Å². The zero-order valence-electron chi connectivity index (χ0n) is 11.1. The summed E-state index contributed by atoms with van der Waals surface area (Å²) in [6.45, 7) is 3.62. The summed E-state index contributed by atoms with van der Waals surface area (Å²) in [6.07, 6.45) is -4.51. The van der Waals surface area contributed by atoms with Crippen molar-refractivity contribution in [3.8, 4) is 11.5 Å². The van der Waals surface area contributed by atoms with Crippen LogP contribution in [0, 0.1) is 13.8 Å². The first kappa shape index (κ1) is 14.2. The third-order valence-corrected chi connectivity index (χ3v) is 2.87. The maximum atomic E-state index is 13.0. The second-order valence-corrected chi connectivity index (χ2v) is 4.62. The number of aryl methyl sites for hydroxylation is 2. The van der Waals surface area contributed by atoms with Gasteiger partial charge in [0.15, 0.2) is 0 Å². The molecule has 2 N–H and O–H groups in total. The van der Waals surface area contributed by atoms with Gasteiger partial charge in [-0.1, -0.05) is 12.1 Å². The van der Waals surface area contributed by atoms with E-state index in [0.29, 0.717) is 5.75 Å². The van der Waals surface area contributed by atoms with Crippen LogP contribution >= 0.6 is 0 Å². The molecule has 0 aliphatic heterocycles. The highest BCUT2D eigenvalue weighted by atomic mass is 19.4. The molecule has 0 atom stereocenters. The third kappa shape index (κ3) is 3.04. The number of hydrogen-bond acceptors (Lipinski definition) is 2.